The molecule has 0 bridgehead atoms. The average Bonchev–Trinajstić information content (AvgIpc) is 3.00. The van der Waals surface area contributed by atoms with Crippen LogP contribution in [0.5, 0.6) is 5.75 Å². The number of hydrogen-bond acceptors (Lipinski definition) is 5. The number of nitrogens with one attached hydrogen (secondary N) is 1. The Labute approximate surface area is 126 Å². The van der Waals surface area contributed by atoms with Crippen LogP contribution < -0.4 is 5.32 Å². The second-order valence-electron chi connectivity index (χ2n) is 4.34. The van der Waals surface area contributed by atoms with E-state index in [1.807, 2.05) is 12.1 Å². The van der Waals surface area contributed by atoms with E-state index in [4.69, 9.17) is 11.6 Å². The fourth-order valence-electron chi connectivity index (χ4n) is 1.92. The zero-order chi connectivity index (χ0) is 14.7. The molecule has 0 radical (unpaired) electrons. The summed E-state index contributed by atoms with van der Waals surface area (Å²) in [4.78, 5) is 8.06. The molecule has 0 amide bonds. The Morgan fingerprint density at radius 3 is 2.86 bits per heavy atom. The molecule has 1 aromatic carbocycles. The van der Waals surface area contributed by atoms with Gasteiger partial charge in [0, 0.05) is 0 Å². The Kier molecular flexibility index (Phi) is 3.70. The van der Waals surface area contributed by atoms with Crippen LogP contribution in [0.3, 0.4) is 0 Å². The van der Waals surface area contributed by atoms with Crippen molar-refractivity contribution < 1.29 is 5.11 Å². The number of benzene rings is 1. The van der Waals surface area contributed by atoms with Crippen molar-refractivity contribution >= 4 is 17.3 Å². The van der Waals surface area contributed by atoms with E-state index in [0.29, 0.717) is 11.6 Å². The topological polar surface area (TPSA) is 75.9 Å². The van der Waals surface area contributed by atoms with Crippen LogP contribution in [0.4, 0.5) is 5.69 Å². The quantitative estimate of drug-likeness (QED) is 0.775. The summed E-state index contributed by atoms with van der Waals surface area (Å²) in [5.41, 5.74) is 2.36. The molecule has 6 nitrogen and oxygen atoms in total. The normalized spacial score (nSPS) is 10.5. The van der Waals surface area contributed by atoms with Gasteiger partial charge < -0.3 is 10.4 Å². The van der Waals surface area contributed by atoms with Gasteiger partial charge in [-0.3, -0.25) is 4.98 Å². The van der Waals surface area contributed by atoms with Gasteiger partial charge in [0.1, 0.15) is 24.1 Å². The summed E-state index contributed by atoms with van der Waals surface area (Å²) in [5.74, 6) is 0.143. The molecule has 0 saturated carbocycles. The number of anilines is 1. The highest BCUT2D eigenvalue weighted by Crippen LogP contribution is 2.28. The lowest BCUT2D eigenvalue weighted by Crippen LogP contribution is -2.06. The van der Waals surface area contributed by atoms with Crippen LogP contribution >= 0.6 is 11.6 Å². The first-order chi connectivity index (χ1) is 10.2. The first kappa shape index (κ1) is 13.4. The Morgan fingerprint density at radius 2 is 2.14 bits per heavy atom. The van der Waals surface area contributed by atoms with Crippen molar-refractivity contribution in [3.8, 4) is 11.4 Å². The summed E-state index contributed by atoms with van der Waals surface area (Å²) >= 11 is 6.25. The number of para-hydroxylation sites is 1. The van der Waals surface area contributed by atoms with Gasteiger partial charge in [-0.25, -0.2) is 9.67 Å². The highest BCUT2D eigenvalue weighted by molar-refractivity contribution is 6.33. The molecule has 2 aromatic heterocycles. The van der Waals surface area contributed by atoms with Gasteiger partial charge in [0.15, 0.2) is 0 Å². The average molecular weight is 302 g/mol. The molecule has 0 aliphatic carbocycles. The van der Waals surface area contributed by atoms with Crippen molar-refractivity contribution in [2.24, 2.45) is 0 Å². The van der Waals surface area contributed by atoms with Gasteiger partial charge in [0.25, 0.3) is 0 Å². The van der Waals surface area contributed by atoms with E-state index in [0.717, 1.165) is 17.1 Å². The predicted molar refractivity (Wildman–Crippen MR) is 79.6 cm³/mol. The van der Waals surface area contributed by atoms with Crippen molar-refractivity contribution in [2.75, 3.05) is 5.32 Å². The molecule has 0 saturated heterocycles. The number of rotatable bonds is 4. The maximum Gasteiger partial charge on any atom is 0.138 e. The van der Waals surface area contributed by atoms with E-state index in [-0.39, 0.29) is 5.75 Å². The number of pyridine rings is 1. The van der Waals surface area contributed by atoms with Crippen LogP contribution in [0.1, 0.15) is 5.69 Å². The van der Waals surface area contributed by atoms with Gasteiger partial charge in [-0.1, -0.05) is 17.7 Å². The molecule has 2 N–H and O–H groups in total. The van der Waals surface area contributed by atoms with Gasteiger partial charge in [-0.15, -0.1) is 0 Å². The summed E-state index contributed by atoms with van der Waals surface area (Å²) in [6.07, 6.45) is 4.45. The lowest BCUT2D eigenvalue weighted by molar-refractivity contribution is 0.472. The van der Waals surface area contributed by atoms with E-state index < -0.39 is 0 Å². The second-order valence-corrected chi connectivity index (χ2v) is 4.74. The molecule has 7 heteroatoms. The standard InChI is InChI=1S/C14H12ClN5O/c15-12-2-1-3-13(14(12)20-9-16-8-19-20)18-6-10-4-5-11(21)7-17-10/h1-5,7-9,18,21H,6H2. The molecule has 0 aliphatic rings. The fourth-order valence-corrected chi connectivity index (χ4v) is 2.18. The number of nitrogens with zero attached hydrogens (tertiary/aromatic N) is 4. The Hall–Kier alpha value is -2.60. The minimum absolute atomic E-state index is 0.143. The SMILES string of the molecule is Oc1ccc(CNc2cccc(Cl)c2-n2cncn2)nc1. The van der Waals surface area contributed by atoms with Gasteiger partial charge in [-0.2, -0.15) is 5.10 Å². The van der Waals surface area contributed by atoms with Crippen molar-refractivity contribution in [2.45, 2.75) is 6.54 Å². The maximum absolute atomic E-state index is 9.23. The zero-order valence-corrected chi connectivity index (χ0v) is 11.7. The zero-order valence-electron chi connectivity index (χ0n) is 10.9. The molecule has 3 aromatic rings. The second kappa shape index (κ2) is 5.80. The maximum atomic E-state index is 9.23. The van der Waals surface area contributed by atoms with Crippen LogP contribution in [0.25, 0.3) is 5.69 Å². The van der Waals surface area contributed by atoms with Crippen LogP contribution in [0.2, 0.25) is 5.02 Å². The number of hydrogen-bond donors (Lipinski definition) is 2. The predicted octanol–water partition coefficient (Wildman–Crippen LogP) is 2.63. The summed E-state index contributed by atoms with van der Waals surface area (Å²) in [6, 6.07) is 8.91. The molecule has 0 unspecified atom stereocenters. The van der Waals surface area contributed by atoms with Gasteiger partial charge >= 0.3 is 0 Å². The molecule has 0 atom stereocenters. The third kappa shape index (κ3) is 2.95. The smallest absolute Gasteiger partial charge is 0.138 e. The first-order valence-electron chi connectivity index (χ1n) is 6.25. The molecule has 106 valence electrons. The molecule has 3 rings (SSSR count). The monoisotopic (exact) mass is 301 g/mol. The van der Waals surface area contributed by atoms with Crippen LogP contribution in [-0.2, 0) is 6.54 Å². The number of halogens is 1. The van der Waals surface area contributed by atoms with Crippen molar-refractivity contribution in [1.82, 2.24) is 19.7 Å². The largest absolute Gasteiger partial charge is 0.506 e. The van der Waals surface area contributed by atoms with Gasteiger partial charge in [-0.05, 0) is 24.3 Å². The molecule has 2 heterocycles. The highest BCUT2D eigenvalue weighted by atomic mass is 35.5. The summed E-state index contributed by atoms with van der Waals surface area (Å²) in [6.45, 7) is 0.502. The minimum atomic E-state index is 0.143. The molecule has 0 fully saturated rings. The highest BCUT2D eigenvalue weighted by Gasteiger charge is 2.10. The van der Waals surface area contributed by atoms with Crippen molar-refractivity contribution in [3.05, 3.63) is 59.9 Å². The summed E-state index contributed by atoms with van der Waals surface area (Å²) < 4.78 is 1.61. The van der Waals surface area contributed by atoms with Crippen molar-refractivity contribution in [3.63, 3.8) is 0 Å². The van der Waals surface area contributed by atoms with Gasteiger partial charge in [0.2, 0.25) is 0 Å². The Balaban J connectivity index is 1.86. The van der Waals surface area contributed by atoms with E-state index in [1.54, 1.807) is 29.2 Å². The fraction of sp³-hybridized carbons (Fsp3) is 0.0714. The van der Waals surface area contributed by atoms with Gasteiger partial charge in [0.05, 0.1) is 29.1 Å². The molecule has 21 heavy (non-hydrogen) atoms. The van der Waals surface area contributed by atoms with E-state index in [1.165, 1.54) is 12.5 Å². The minimum Gasteiger partial charge on any atom is -0.506 e. The third-order valence-corrected chi connectivity index (χ3v) is 3.21. The first-order valence-corrected chi connectivity index (χ1v) is 6.63. The lowest BCUT2D eigenvalue weighted by atomic mass is 10.2. The van der Waals surface area contributed by atoms with Crippen LogP contribution in [0, 0.1) is 0 Å². The molecular formula is C14H12ClN5O. The summed E-state index contributed by atoms with van der Waals surface area (Å²) in [7, 11) is 0. The molecule has 0 aliphatic heterocycles. The third-order valence-electron chi connectivity index (χ3n) is 2.90. The van der Waals surface area contributed by atoms with Crippen LogP contribution in [0.15, 0.2) is 49.2 Å². The van der Waals surface area contributed by atoms with Crippen molar-refractivity contribution in [1.29, 1.82) is 0 Å². The summed E-state index contributed by atoms with van der Waals surface area (Å²) in [5, 5.41) is 17.2. The van der Waals surface area contributed by atoms with E-state index in [9.17, 15) is 5.11 Å². The Morgan fingerprint density at radius 1 is 1.24 bits per heavy atom. The van der Waals surface area contributed by atoms with E-state index >= 15 is 0 Å². The van der Waals surface area contributed by atoms with Crippen LogP contribution in [-0.4, -0.2) is 24.9 Å². The Bertz CT molecular complexity index is 728. The van der Waals surface area contributed by atoms with E-state index in [2.05, 4.69) is 20.4 Å². The number of aromatic nitrogens is 4. The number of aromatic hydroxyl groups is 1. The molecular weight excluding hydrogens is 290 g/mol. The molecule has 0 spiro atoms. The lowest BCUT2D eigenvalue weighted by Gasteiger charge is -2.13.